The maximum atomic E-state index is 16.1. The van der Waals surface area contributed by atoms with Crippen molar-refractivity contribution in [3.63, 3.8) is 0 Å². The number of aromatic hydroxyl groups is 1. The number of alkyl carbamates (subject to hydrolysis) is 1. The molecule has 5 atom stereocenters. The second kappa shape index (κ2) is 19.7. The summed E-state index contributed by atoms with van der Waals surface area (Å²) in [6.07, 6.45) is 14.3. The summed E-state index contributed by atoms with van der Waals surface area (Å²) in [4.78, 5) is 80.5. The minimum absolute atomic E-state index is 0.0258. The van der Waals surface area contributed by atoms with Gasteiger partial charge in [0, 0.05) is 79.6 Å². The lowest BCUT2D eigenvalue weighted by molar-refractivity contribution is -0.136. The molecule has 0 aliphatic carbocycles. The number of hydrogen-bond donors (Lipinski definition) is 5. The molecule has 6 aliphatic rings. The first-order chi connectivity index (χ1) is 34.4. The number of nitrogens with zero attached hydrogens (tertiary/aromatic N) is 6. The maximum absolute atomic E-state index is 16.1. The van der Waals surface area contributed by atoms with Gasteiger partial charge in [0.2, 0.25) is 11.8 Å². The Balaban J connectivity index is 0.000000164. The van der Waals surface area contributed by atoms with Crippen LogP contribution in [0.5, 0.6) is 11.8 Å². The number of aromatic nitrogens is 3. The van der Waals surface area contributed by atoms with Crippen LogP contribution in [0.1, 0.15) is 84.1 Å². The van der Waals surface area contributed by atoms with Gasteiger partial charge >= 0.3 is 12.1 Å². The molecule has 5 saturated heterocycles. The number of fused-ring (bicyclic) bond motifs is 6. The van der Waals surface area contributed by atoms with Crippen molar-refractivity contribution < 1.29 is 47.3 Å². The van der Waals surface area contributed by atoms with Crippen molar-refractivity contribution in [2.45, 2.75) is 88.0 Å². The smallest absolute Gasteiger partial charge is 0.407 e. The topological polar surface area (TPSA) is 221 Å². The van der Waals surface area contributed by atoms with Gasteiger partial charge < -0.3 is 35.4 Å². The number of piperazine rings is 1. The van der Waals surface area contributed by atoms with Crippen LogP contribution in [0.4, 0.5) is 25.1 Å². The van der Waals surface area contributed by atoms with Crippen LogP contribution in [0.3, 0.4) is 0 Å². The first-order valence-electron chi connectivity index (χ1n) is 24.0. The zero-order valence-corrected chi connectivity index (χ0v) is 38.9. The first-order valence-corrected chi connectivity index (χ1v) is 24.0. The van der Waals surface area contributed by atoms with Gasteiger partial charge in [0.25, 0.3) is 11.8 Å². The Morgan fingerprint density at radius 2 is 1.79 bits per heavy atom. The molecule has 5 aromatic rings. The van der Waals surface area contributed by atoms with Gasteiger partial charge in [-0.05, 0) is 93.6 Å². The van der Waals surface area contributed by atoms with Gasteiger partial charge in [0.1, 0.15) is 41.2 Å². The second-order valence-electron chi connectivity index (χ2n) is 18.7. The van der Waals surface area contributed by atoms with E-state index < -0.39 is 47.4 Å². The highest BCUT2D eigenvalue weighted by Gasteiger charge is 2.46. The van der Waals surface area contributed by atoms with E-state index >= 15 is 4.39 Å². The summed E-state index contributed by atoms with van der Waals surface area (Å²) in [5.74, 6) is -0.722. The van der Waals surface area contributed by atoms with Crippen LogP contribution in [0.2, 0.25) is 0 Å². The lowest BCUT2D eigenvalue weighted by Crippen LogP contribution is -2.54. The van der Waals surface area contributed by atoms with E-state index in [0.29, 0.717) is 72.6 Å². The number of methoxy groups -OCH3 is 1. The predicted octanol–water partition coefficient (Wildman–Crippen LogP) is 5.00. The van der Waals surface area contributed by atoms with E-state index in [9.17, 15) is 33.5 Å². The molecule has 2 aromatic heterocycles. The number of piperidine rings is 1. The SMILES string of the molecule is C#Cc1c(F)ccc2cc(O)cc(-c3ncc4c(N5CC6CCC(C5)N6)nc(OC)nc4c3F)c12.O=C1CCC(N2C(=O)c3cccc(NCCCNC(=O)OCC4CCC5CCCN54)c3C2=O)C(=O)N1. The van der Waals surface area contributed by atoms with E-state index in [1.807, 2.05) is 0 Å². The number of phenolic OH excluding ortho intramolecular Hbond substituents is 1. The number of amides is 5. The molecule has 5 N–H and O–H groups in total. The van der Waals surface area contributed by atoms with Gasteiger partial charge in [0.15, 0.2) is 5.82 Å². The molecule has 5 amide bonds. The summed E-state index contributed by atoms with van der Waals surface area (Å²) >= 11 is 0. The number of rotatable bonds is 11. The van der Waals surface area contributed by atoms with E-state index in [1.54, 1.807) is 18.2 Å². The lowest BCUT2D eigenvalue weighted by atomic mass is 9.96. The largest absolute Gasteiger partial charge is 0.508 e. The standard InChI is InChI=1S/C26H21F2N5O2.C25H31N5O6/c1-3-17-20(27)7-4-13-8-16(34)9-18(21(13)17)23-22(28)24-19(10-29-23)25(32-26(31-24)35-2)33-11-14-5-6-15(12-33)30-14;31-20-10-9-19(22(32)28-20)30-23(33)17-5-1-6-18(21(17)24(30)34)26-11-3-12-27-25(35)36-14-16-8-7-15-4-2-13-29(15)16/h1,4,7-10,14-15,30,34H,5-6,11-12H2,2H3;1,5-6,15-16,19,26H,2-4,7-14H2,(H,27,35)(H,28,31,32). The van der Waals surface area contributed by atoms with Gasteiger partial charge in [0.05, 0.1) is 29.2 Å². The van der Waals surface area contributed by atoms with Crippen molar-refractivity contribution in [1.82, 2.24) is 40.7 Å². The second-order valence-corrected chi connectivity index (χ2v) is 18.7. The average molecular weight is 971 g/mol. The zero-order valence-electron chi connectivity index (χ0n) is 38.9. The molecule has 0 spiro atoms. The van der Waals surface area contributed by atoms with Crippen molar-refractivity contribution in [1.29, 1.82) is 0 Å². The van der Waals surface area contributed by atoms with Crippen molar-refractivity contribution in [2.75, 3.05) is 56.7 Å². The molecule has 18 nitrogen and oxygen atoms in total. The summed E-state index contributed by atoms with van der Waals surface area (Å²) in [6, 6.07) is 11.1. The third-order valence-corrected chi connectivity index (χ3v) is 14.3. The van der Waals surface area contributed by atoms with Gasteiger partial charge in [-0.3, -0.25) is 39.3 Å². The average Bonchev–Trinajstić information content (AvgIpc) is 4.14. The third kappa shape index (κ3) is 9.11. The number of carbonyl (C=O) groups excluding carboxylic acids is 5. The molecule has 6 aliphatic heterocycles. The highest BCUT2D eigenvalue weighted by molar-refractivity contribution is 6.25. The minimum Gasteiger partial charge on any atom is -0.508 e. The molecular formula is C51H52F2N10O8. The number of terminal acetylenes is 1. The number of pyridine rings is 1. The highest BCUT2D eigenvalue weighted by atomic mass is 19.1. The Morgan fingerprint density at radius 3 is 2.56 bits per heavy atom. The summed E-state index contributed by atoms with van der Waals surface area (Å²) in [7, 11) is 1.43. The van der Waals surface area contributed by atoms with E-state index in [0.717, 1.165) is 43.8 Å². The van der Waals surface area contributed by atoms with Crippen molar-refractivity contribution in [3.05, 3.63) is 77.0 Å². The molecule has 3 aromatic carbocycles. The van der Waals surface area contributed by atoms with Crippen LogP contribution in [0.25, 0.3) is 32.9 Å². The Bertz CT molecular complexity index is 3030. The Hall–Kier alpha value is -7.50. The number of phenols is 1. The predicted molar refractivity (Wildman–Crippen MR) is 257 cm³/mol. The fraction of sp³-hybridized carbons (Fsp3) is 0.412. The minimum atomic E-state index is -1.00. The number of anilines is 2. The summed E-state index contributed by atoms with van der Waals surface area (Å²) < 4.78 is 41.4. The Labute approximate surface area is 406 Å². The molecule has 0 saturated carbocycles. The van der Waals surface area contributed by atoms with Crippen LogP contribution < -0.4 is 30.9 Å². The third-order valence-electron chi connectivity index (χ3n) is 14.3. The molecule has 5 unspecified atom stereocenters. The van der Waals surface area contributed by atoms with Gasteiger partial charge in [-0.15, -0.1) is 6.42 Å². The molecule has 20 heteroatoms. The van der Waals surface area contributed by atoms with Crippen LogP contribution in [0, 0.1) is 24.0 Å². The molecule has 5 fully saturated rings. The van der Waals surface area contributed by atoms with Crippen LogP contribution in [0.15, 0.2) is 48.7 Å². The van der Waals surface area contributed by atoms with E-state index in [4.69, 9.17) is 15.9 Å². The fourth-order valence-electron chi connectivity index (χ4n) is 11.0. The van der Waals surface area contributed by atoms with Crippen molar-refractivity contribution in [3.8, 4) is 35.4 Å². The molecule has 11 rings (SSSR count). The quantitative estimate of drug-likeness (QED) is 0.0668. The number of benzene rings is 3. The normalized spacial score (nSPS) is 22.5. The highest BCUT2D eigenvalue weighted by Crippen LogP contribution is 2.40. The summed E-state index contributed by atoms with van der Waals surface area (Å²) in [5, 5.41) is 23.2. The van der Waals surface area contributed by atoms with Gasteiger partial charge in [-0.25, -0.2) is 13.6 Å². The van der Waals surface area contributed by atoms with Crippen LogP contribution >= 0.6 is 0 Å². The van der Waals surface area contributed by atoms with Crippen molar-refractivity contribution >= 4 is 62.9 Å². The lowest BCUT2D eigenvalue weighted by Gasteiger charge is -2.34. The van der Waals surface area contributed by atoms with E-state index in [1.165, 1.54) is 56.8 Å². The zero-order chi connectivity index (χ0) is 49.5. The van der Waals surface area contributed by atoms with Gasteiger partial charge in [-0.2, -0.15) is 9.97 Å². The molecule has 368 valence electrons. The number of nitrogens with one attached hydrogen (secondary N) is 4. The first kappa shape index (κ1) is 47.2. The number of halogens is 2. The molecular weight excluding hydrogens is 919 g/mol. The number of carbonyl (C=O) groups is 5. The Morgan fingerprint density at radius 1 is 0.972 bits per heavy atom. The molecule has 8 heterocycles. The molecule has 71 heavy (non-hydrogen) atoms. The fourth-order valence-corrected chi connectivity index (χ4v) is 11.0. The number of hydrogen-bond acceptors (Lipinski definition) is 15. The summed E-state index contributed by atoms with van der Waals surface area (Å²) in [5.41, 5.74) is 0.997. The summed E-state index contributed by atoms with van der Waals surface area (Å²) in [6.45, 7) is 3.82. The van der Waals surface area contributed by atoms with Crippen LogP contribution in [-0.2, 0) is 14.3 Å². The number of imide groups is 2. The Kier molecular flexibility index (Phi) is 13.1. The van der Waals surface area contributed by atoms with E-state index in [2.05, 4.69) is 51.9 Å². The number of ether oxygens (including phenoxy) is 2. The van der Waals surface area contributed by atoms with Crippen LogP contribution in [-0.4, -0.2) is 136 Å². The molecule has 0 radical (unpaired) electrons. The molecule has 2 bridgehead atoms. The van der Waals surface area contributed by atoms with Crippen molar-refractivity contribution in [2.24, 2.45) is 0 Å². The van der Waals surface area contributed by atoms with Gasteiger partial charge in [-0.1, -0.05) is 18.1 Å². The monoisotopic (exact) mass is 970 g/mol. The maximum Gasteiger partial charge on any atom is 0.407 e. The van der Waals surface area contributed by atoms with E-state index in [-0.39, 0.29) is 63.5 Å².